The van der Waals surface area contributed by atoms with Crippen LogP contribution in [0, 0.1) is 28.6 Å². The fraction of sp³-hybridized carbons (Fsp3) is 0.862. The SMILES string of the molecule is C/C=C(\C)C(=O)O[C@H](C)[C@H]1CC[C@]2(O)[C@@H]3CC=C4C[C@@H](O[C@H]5C[C@H](OC)[C@@H](O[C@H]6C[C@H](OC)[C@@H](O[C@@H]7O[C@H](C)[C@@H](O[C@@H]8O[C@H](CO)[C@@H](O)[C@H](O)[C@H]8O)[C@@H](OC)[C@H]7O)[C@@H](C)O6)[C@@H](C)O5)CC[C@]4(C)[C@H]3C[C@@H](OC(=O)/C(C)=C/C)[C@]12C. The van der Waals surface area contributed by atoms with E-state index < -0.39 is 146 Å². The van der Waals surface area contributed by atoms with E-state index in [-0.39, 0.29) is 41.7 Å². The monoisotopic (exact) mass is 1120 g/mol. The van der Waals surface area contributed by atoms with E-state index in [0.29, 0.717) is 49.7 Å². The Morgan fingerprint density at radius 1 is 0.696 bits per heavy atom. The molecule has 450 valence electrons. The number of hydrogen-bond donors (Lipinski definition) is 6. The first-order chi connectivity index (χ1) is 37.4. The fourth-order valence-corrected chi connectivity index (χ4v) is 14.9. The summed E-state index contributed by atoms with van der Waals surface area (Å²) in [4.78, 5) is 26.7. The second kappa shape index (κ2) is 25.4. The van der Waals surface area contributed by atoms with Crippen molar-refractivity contribution in [2.24, 2.45) is 28.6 Å². The fourth-order valence-electron chi connectivity index (χ4n) is 14.9. The minimum absolute atomic E-state index is 0.0192. The molecular weight excluding hydrogens is 1030 g/mol. The predicted molar refractivity (Wildman–Crippen MR) is 280 cm³/mol. The highest BCUT2D eigenvalue weighted by Gasteiger charge is 2.72. The number of ether oxygens (including phenoxy) is 13. The Morgan fingerprint density at radius 2 is 1.28 bits per heavy atom. The molecule has 4 aliphatic heterocycles. The number of hydrogen-bond acceptors (Lipinski definition) is 21. The summed E-state index contributed by atoms with van der Waals surface area (Å²) in [7, 11) is 4.56. The molecule has 27 atom stereocenters. The molecule has 21 heteroatoms. The maximum Gasteiger partial charge on any atom is 0.333 e. The summed E-state index contributed by atoms with van der Waals surface area (Å²) >= 11 is 0. The van der Waals surface area contributed by atoms with Crippen LogP contribution < -0.4 is 0 Å². The lowest BCUT2D eigenvalue weighted by Crippen LogP contribution is -2.67. The van der Waals surface area contributed by atoms with E-state index in [2.05, 4.69) is 19.9 Å². The topological polar surface area (TPSA) is 276 Å². The Morgan fingerprint density at radius 3 is 1.89 bits per heavy atom. The maximum absolute atomic E-state index is 13.7. The van der Waals surface area contributed by atoms with Gasteiger partial charge in [-0.05, 0) is 118 Å². The lowest BCUT2D eigenvalue weighted by atomic mass is 9.44. The molecule has 0 bridgehead atoms. The number of allylic oxidation sites excluding steroid dienone is 3. The lowest BCUT2D eigenvalue weighted by Gasteiger charge is -2.63. The van der Waals surface area contributed by atoms with E-state index in [1.807, 2.05) is 27.7 Å². The molecule has 0 aromatic carbocycles. The van der Waals surface area contributed by atoms with E-state index in [0.717, 1.165) is 12.8 Å². The average molecular weight is 1130 g/mol. The van der Waals surface area contributed by atoms with Crippen LogP contribution in [0.15, 0.2) is 34.9 Å². The first-order valence-corrected chi connectivity index (χ1v) is 28.7. The lowest BCUT2D eigenvalue weighted by molar-refractivity contribution is -0.373. The number of aliphatic hydroxyl groups is 6. The van der Waals surface area contributed by atoms with Crippen LogP contribution in [-0.4, -0.2) is 205 Å². The minimum Gasteiger partial charge on any atom is -0.459 e. The standard InChI is InChI=1S/C58H92O21/c1-14-27(3)52(64)72-29(5)35-19-21-58(66)36-17-16-33-22-34(18-20-56(33,9)37(36)23-41(57(35,58)10)76-53(65)28(4)15-2)74-42-24-38(67-11)48(30(6)70-42)77-43-25-39(68-12)49(31(7)71-43)78-55-47(63)51(69-13)50(32(8)73-55)79-54-46(62)45(61)44(60)40(26-59)75-54/h14-16,29-32,34-51,54-55,59-63,66H,17-26H2,1-13H3/b27-14+,28-15+/t29-,30-,31-,32-,34+,35-,36-,37+,38+,39+,40-,41-,42+,43+,44-,45+,46-,47-,48+,49+,50-,51+,54+,55+,56+,57+,58+/m1/s1. The van der Waals surface area contributed by atoms with E-state index >= 15 is 0 Å². The van der Waals surface area contributed by atoms with Crippen molar-refractivity contribution >= 4 is 11.9 Å². The third-order valence-corrected chi connectivity index (χ3v) is 20.0. The van der Waals surface area contributed by atoms with Gasteiger partial charge in [-0.25, -0.2) is 9.59 Å². The Bertz CT molecular complexity index is 2190. The van der Waals surface area contributed by atoms with E-state index in [1.165, 1.54) is 12.7 Å². The highest BCUT2D eigenvalue weighted by Crippen LogP contribution is 2.69. The summed E-state index contributed by atoms with van der Waals surface area (Å²) in [5, 5.41) is 65.7. The molecule has 3 saturated carbocycles. The molecule has 8 aliphatic rings. The number of fused-ring (bicyclic) bond motifs is 5. The van der Waals surface area contributed by atoms with Gasteiger partial charge < -0.3 is 92.2 Å². The molecule has 7 fully saturated rings. The molecule has 4 heterocycles. The van der Waals surface area contributed by atoms with Gasteiger partial charge >= 0.3 is 11.9 Å². The summed E-state index contributed by atoms with van der Waals surface area (Å²) < 4.78 is 80.8. The molecule has 4 aliphatic carbocycles. The number of esters is 2. The zero-order valence-corrected chi connectivity index (χ0v) is 48.5. The van der Waals surface area contributed by atoms with Crippen LogP contribution in [0.5, 0.6) is 0 Å². The van der Waals surface area contributed by atoms with Crippen LogP contribution in [0.4, 0.5) is 0 Å². The van der Waals surface area contributed by atoms with Crippen LogP contribution >= 0.6 is 0 Å². The molecule has 0 spiro atoms. The highest BCUT2D eigenvalue weighted by molar-refractivity contribution is 5.88. The molecular formula is C58H92O21. The first kappa shape index (κ1) is 62.5. The average Bonchev–Trinajstić information content (AvgIpc) is 3.60. The quantitative estimate of drug-likeness (QED) is 0.0686. The number of methoxy groups -OCH3 is 3. The molecule has 79 heavy (non-hydrogen) atoms. The number of aliphatic hydroxyl groups excluding tert-OH is 5. The van der Waals surface area contributed by atoms with Crippen LogP contribution in [-0.2, 0) is 71.2 Å². The Kier molecular flexibility index (Phi) is 20.1. The molecule has 8 rings (SSSR count). The Balaban J connectivity index is 0.878. The summed E-state index contributed by atoms with van der Waals surface area (Å²) in [6, 6.07) is 0. The number of carbonyl (C=O) groups excluding carboxylic acids is 2. The third-order valence-electron chi connectivity index (χ3n) is 20.0. The van der Waals surface area contributed by atoms with Crippen molar-refractivity contribution in [3.63, 3.8) is 0 Å². The highest BCUT2D eigenvalue weighted by atomic mass is 16.8. The molecule has 0 aromatic rings. The van der Waals surface area contributed by atoms with Crippen molar-refractivity contribution in [3.05, 3.63) is 34.9 Å². The van der Waals surface area contributed by atoms with Gasteiger partial charge in [0.25, 0.3) is 0 Å². The van der Waals surface area contributed by atoms with Crippen molar-refractivity contribution in [2.75, 3.05) is 27.9 Å². The smallest absolute Gasteiger partial charge is 0.333 e. The van der Waals surface area contributed by atoms with Gasteiger partial charge in [0, 0.05) is 56.7 Å². The van der Waals surface area contributed by atoms with Gasteiger partial charge in [-0.1, -0.05) is 37.6 Å². The van der Waals surface area contributed by atoms with E-state index in [9.17, 15) is 40.2 Å². The molecule has 0 aromatic heterocycles. The maximum atomic E-state index is 13.7. The van der Waals surface area contributed by atoms with Gasteiger partial charge in [-0.2, -0.15) is 0 Å². The van der Waals surface area contributed by atoms with Crippen LogP contribution in [0.3, 0.4) is 0 Å². The molecule has 21 nitrogen and oxygen atoms in total. The largest absolute Gasteiger partial charge is 0.459 e. The van der Waals surface area contributed by atoms with Gasteiger partial charge in [0.1, 0.15) is 67.1 Å². The van der Waals surface area contributed by atoms with Crippen molar-refractivity contribution in [1.82, 2.24) is 0 Å². The van der Waals surface area contributed by atoms with Crippen molar-refractivity contribution in [3.8, 4) is 0 Å². The van der Waals surface area contributed by atoms with Crippen LogP contribution in [0.25, 0.3) is 0 Å². The zero-order valence-electron chi connectivity index (χ0n) is 48.5. The molecule has 0 amide bonds. The van der Waals surface area contributed by atoms with Crippen LogP contribution in [0.2, 0.25) is 0 Å². The van der Waals surface area contributed by atoms with Crippen molar-refractivity contribution < 1.29 is 102 Å². The molecule has 4 saturated heterocycles. The summed E-state index contributed by atoms with van der Waals surface area (Å²) in [5.74, 6) is -1.11. The Labute approximate surface area is 465 Å². The second-order valence-corrected chi connectivity index (χ2v) is 24.1. The van der Waals surface area contributed by atoms with Crippen molar-refractivity contribution in [1.29, 1.82) is 0 Å². The molecule has 6 N–H and O–H groups in total. The van der Waals surface area contributed by atoms with Crippen molar-refractivity contribution in [2.45, 2.75) is 262 Å². The second-order valence-electron chi connectivity index (χ2n) is 24.1. The van der Waals surface area contributed by atoms with E-state index in [4.69, 9.17) is 61.6 Å². The molecule has 0 radical (unpaired) electrons. The van der Waals surface area contributed by atoms with Gasteiger partial charge in [0.05, 0.1) is 48.8 Å². The normalized spacial score (nSPS) is 48.0. The summed E-state index contributed by atoms with van der Waals surface area (Å²) in [6.07, 6.45) is -8.06. The predicted octanol–water partition coefficient (Wildman–Crippen LogP) is 3.83. The number of rotatable bonds is 17. The van der Waals surface area contributed by atoms with Gasteiger partial charge in [-0.15, -0.1) is 0 Å². The van der Waals surface area contributed by atoms with Gasteiger partial charge in [-0.3, -0.25) is 0 Å². The zero-order chi connectivity index (χ0) is 57.6. The Hall–Kier alpha value is -2.52. The van der Waals surface area contributed by atoms with E-state index in [1.54, 1.807) is 54.1 Å². The molecule has 0 unspecified atom stereocenters. The minimum atomic E-state index is -1.67. The number of carbonyl (C=O) groups is 2. The summed E-state index contributed by atoms with van der Waals surface area (Å²) in [5.41, 5.74) is -0.0544. The van der Waals surface area contributed by atoms with Gasteiger partial charge in [0.15, 0.2) is 25.2 Å². The van der Waals surface area contributed by atoms with Gasteiger partial charge in [0.2, 0.25) is 0 Å². The first-order valence-electron chi connectivity index (χ1n) is 28.7. The van der Waals surface area contributed by atoms with Crippen LogP contribution in [0.1, 0.15) is 127 Å². The third kappa shape index (κ3) is 11.8. The summed E-state index contributed by atoms with van der Waals surface area (Å²) in [6.45, 7) is 18.1.